The van der Waals surface area contributed by atoms with Gasteiger partial charge in [0.15, 0.2) is 0 Å². The number of hydrogen-bond acceptors (Lipinski definition) is 4. The molecule has 134 valence electrons. The van der Waals surface area contributed by atoms with Crippen LogP contribution in [0.15, 0.2) is 54.6 Å². The second-order valence-electron chi connectivity index (χ2n) is 6.73. The lowest BCUT2D eigenvalue weighted by Crippen LogP contribution is -2.47. The number of anilines is 1. The lowest BCUT2D eigenvalue weighted by Gasteiger charge is -2.36. The first-order valence-electron chi connectivity index (χ1n) is 9.10. The van der Waals surface area contributed by atoms with Gasteiger partial charge in [-0.2, -0.15) is 0 Å². The van der Waals surface area contributed by atoms with Crippen molar-refractivity contribution in [2.45, 2.75) is 19.4 Å². The highest BCUT2D eigenvalue weighted by molar-refractivity contribution is 5.46. The SMILES string of the molecule is Cc1ccc(OCC(O)CCN2CCN(c3ccccc3)CC2)cc1. The first-order valence-corrected chi connectivity index (χ1v) is 9.10. The number of para-hydroxylation sites is 1. The molecule has 1 N–H and O–H groups in total. The number of aryl methyl sites for hydroxylation is 1. The number of benzene rings is 2. The number of piperazine rings is 1. The van der Waals surface area contributed by atoms with Crippen LogP contribution in [0.1, 0.15) is 12.0 Å². The van der Waals surface area contributed by atoms with E-state index in [4.69, 9.17) is 4.74 Å². The van der Waals surface area contributed by atoms with Gasteiger partial charge in [-0.15, -0.1) is 0 Å². The van der Waals surface area contributed by atoms with Gasteiger partial charge in [-0.25, -0.2) is 0 Å². The van der Waals surface area contributed by atoms with E-state index in [0.29, 0.717) is 6.61 Å². The molecule has 1 atom stereocenters. The maximum absolute atomic E-state index is 10.2. The third kappa shape index (κ3) is 5.48. The number of hydrogen-bond donors (Lipinski definition) is 1. The summed E-state index contributed by atoms with van der Waals surface area (Å²) in [6.07, 6.45) is 0.324. The Hall–Kier alpha value is -2.04. The summed E-state index contributed by atoms with van der Waals surface area (Å²) in [6.45, 7) is 7.49. The number of aliphatic hydroxyl groups is 1. The van der Waals surface area contributed by atoms with Gasteiger partial charge in [0.05, 0.1) is 6.10 Å². The first-order chi connectivity index (χ1) is 12.2. The van der Waals surface area contributed by atoms with E-state index in [2.05, 4.69) is 47.1 Å². The van der Waals surface area contributed by atoms with Gasteiger partial charge >= 0.3 is 0 Å². The first kappa shape index (κ1) is 17.8. The minimum absolute atomic E-state index is 0.354. The molecule has 4 nitrogen and oxygen atoms in total. The van der Waals surface area contributed by atoms with Crippen LogP contribution in [0.2, 0.25) is 0 Å². The van der Waals surface area contributed by atoms with Crippen LogP contribution in [0, 0.1) is 6.92 Å². The molecule has 0 aromatic heterocycles. The highest BCUT2D eigenvalue weighted by Gasteiger charge is 2.17. The third-order valence-electron chi connectivity index (χ3n) is 4.74. The lowest BCUT2D eigenvalue weighted by molar-refractivity contribution is 0.0866. The Labute approximate surface area is 150 Å². The molecule has 0 amide bonds. The van der Waals surface area contributed by atoms with E-state index in [1.54, 1.807) is 0 Å². The summed E-state index contributed by atoms with van der Waals surface area (Å²) < 4.78 is 5.66. The molecule has 1 fully saturated rings. The number of ether oxygens (including phenoxy) is 1. The van der Waals surface area contributed by atoms with Crippen LogP contribution < -0.4 is 9.64 Å². The van der Waals surface area contributed by atoms with Crippen LogP contribution >= 0.6 is 0 Å². The molecule has 3 rings (SSSR count). The fraction of sp³-hybridized carbons (Fsp3) is 0.429. The average molecular weight is 340 g/mol. The molecule has 1 heterocycles. The summed E-state index contributed by atoms with van der Waals surface area (Å²) in [5.74, 6) is 0.820. The molecule has 0 aliphatic carbocycles. The minimum Gasteiger partial charge on any atom is -0.491 e. The molecule has 0 radical (unpaired) electrons. The number of nitrogens with zero attached hydrogens (tertiary/aromatic N) is 2. The molecule has 1 unspecified atom stereocenters. The summed E-state index contributed by atoms with van der Waals surface area (Å²) in [5.41, 5.74) is 2.51. The zero-order valence-corrected chi connectivity index (χ0v) is 15.0. The normalized spacial score (nSPS) is 16.6. The van der Waals surface area contributed by atoms with Crippen molar-refractivity contribution in [1.82, 2.24) is 4.90 Å². The van der Waals surface area contributed by atoms with Gasteiger partial charge in [0.25, 0.3) is 0 Å². The summed E-state index contributed by atoms with van der Waals surface area (Å²) in [7, 11) is 0. The van der Waals surface area contributed by atoms with E-state index < -0.39 is 6.10 Å². The summed E-state index contributed by atoms with van der Waals surface area (Å²) >= 11 is 0. The van der Waals surface area contributed by atoms with E-state index in [0.717, 1.165) is 44.9 Å². The van der Waals surface area contributed by atoms with Crippen LogP contribution in [-0.4, -0.2) is 55.4 Å². The molecule has 1 aliphatic rings. The number of aliphatic hydroxyl groups excluding tert-OH is 1. The Morgan fingerprint density at radius 1 is 0.960 bits per heavy atom. The monoisotopic (exact) mass is 340 g/mol. The van der Waals surface area contributed by atoms with Gasteiger partial charge in [-0.05, 0) is 37.6 Å². The Kier molecular flexibility index (Phi) is 6.31. The predicted molar refractivity (Wildman–Crippen MR) is 102 cm³/mol. The predicted octanol–water partition coefficient (Wildman–Crippen LogP) is 2.95. The molecule has 2 aromatic rings. The van der Waals surface area contributed by atoms with Crippen molar-refractivity contribution in [3.8, 4) is 5.75 Å². The van der Waals surface area contributed by atoms with Crippen LogP contribution in [0.5, 0.6) is 5.75 Å². The van der Waals surface area contributed by atoms with Crippen molar-refractivity contribution in [3.05, 3.63) is 60.2 Å². The van der Waals surface area contributed by atoms with E-state index in [1.807, 2.05) is 24.3 Å². The minimum atomic E-state index is -0.423. The standard InChI is InChI=1S/C21H28N2O2/c1-18-7-9-21(10-8-18)25-17-20(24)11-12-22-13-15-23(16-14-22)19-5-3-2-4-6-19/h2-10,20,24H,11-17H2,1H3. The second kappa shape index (κ2) is 8.88. The average Bonchev–Trinajstić information content (AvgIpc) is 2.67. The molecule has 0 spiro atoms. The van der Waals surface area contributed by atoms with Gasteiger partial charge in [0.2, 0.25) is 0 Å². The fourth-order valence-corrected chi connectivity index (χ4v) is 3.11. The molecular weight excluding hydrogens is 312 g/mol. The molecule has 0 bridgehead atoms. The molecule has 25 heavy (non-hydrogen) atoms. The zero-order chi connectivity index (χ0) is 17.5. The fourth-order valence-electron chi connectivity index (χ4n) is 3.11. The summed E-state index contributed by atoms with van der Waals surface area (Å²) in [6, 6.07) is 18.5. The maximum Gasteiger partial charge on any atom is 0.119 e. The second-order valence-corrected chi connectivity index (χ2v) is 6.73. The topological polar surface area (TPSA) is 35.9 Å². The molecule has 0 saturated carbocycles. The van der Waals surface area contributed by atoms with Crippen molar-refractivity contribution in [2.24, 2.45) is 0 Å². The highest BCUT2D eigenvalue weighted by atomic mass is 16.5. The van der Waals surface area contributed by atoms with Gasteiger partial charge in [0, 0.05) is 38.4 Å². The molecule has 2 aromatic carbocycles. The van der Waals surface area contributed by atoms with Gasteiger partial charge in [-0.1, -0.05) is 35.9 Å². The van der Waals surface area contributed by atoms with Gasteiger partial charge in [0.1, 0.15) is 12.4 Å². The van der Waals surface area contributed by atoms with Crippen molar-refractivity contribution >= 4 is 5.69 Å². The largest absolute Gasteiger partial charge is 0.491 e. The zero-order valence-electron chi connectivity index (χ0n) is 15.0. The molecule has 1 aliphatic heterocycles. The highest BCUT2D eigenvalue weighted by Crippen LogP contribution is 2.16. The van der Waals surface area contributed by atoms with Crippen molar-refractivity contribution in [1.29, 1.82) is 0 Å². The quantitative estimate of drug-likeness (QED) is 0.841. The smallest absolute Gasteiger partial charge is 0.119 e. The Bertz CT molecular complexity index is 622. The van der Waals surface area contributed by atoms with Crippen molar-refractivity contribution < 1.29 is 9.84 Å². The number of rotatable bonds is 7. The van der Waals surface area contributed by atoms with Crippen LogP contribution in [0.25, 0.3) is 0 Å². The van der Waals surface area contributed by atoms with Crippen LogP contribution in [0.4, 0.5) is 5.69 Å². The van der Waals surface area contributed by atoms with E-state index >= 15 is 0 Å². The third-order valence-corrected chi connectivity index (χ3v) is 4.74. The molecular formula is C21H28N2O2. The van der Waals surface area contributed by atoms with Crippen molar-refractivity contribution in [2.75, 3.05) is 44.2 Å². The van der Waals surface area contributed by atoms with E-state index in [1.165, 1.54) is 11.3 Å². The van der Waals surface area contributed by atoms with Crippen LogP contribution in [0.3, 0.4) is 0 Å². The Balaban J connectivity index is 1.34. The molecule has 1 saturated heterocycles. The van der Waals surface area contributed by atoms with E-state index in [9.17, 15) is 5.11 Å². The summed E-state index contributed by atoms with van der Waals surface area (Å²) in [5, 5.41) is 10.2. The van der Waals surface area contributed by atoms with Crippen molar-refractivity contribution in [3.63, 3.8) is 0 Å². The maximum atomic E-state index is 10.2. The Morgan fingerprint density at radius 3 is 2.32 bits per heavy atom. The summed E-state index contributed by atoms with van der Waals surface area (Å²) in [4.78, 5) is 4.85. The van der Waals surface area contributed by atoms with Gasteiger partial charge < -0.3 is 14.7 Å². The van der Waals surface area contributed by atoms with Gasteiger partial charge in [-0.3, -0.25) is 4.90 Å². The Morgan fingerprint density at radius 2 is 1.64 bits per heavy atom. The molecule has 4 heteroatoms. The lowest BCUT2D eigenvalue weighted by atomic mass is 10.2. The van der Waals surface area contributed by atoms with Crippen LogP contribution in [-0.2, 0) is 0 Å². The van der Waals surface area contributed by atoms with E-state index in [-0.39, 0.29) is 0 Å².